The van der Waals surface area contributed by atoms with Crippen LogP contribution in [0.1, 0.15) is 46.6 Å². The van der Waals surface area contributed by atoms with Crippen molar-refractivity contribution in [3.63, 3.8) is 0 Å². The highest BCUT2D eigenvalue weighted by molar-refractivity contribution is 5.33. The second-order valence-electron chi connectivity index (χ2n) is 7.06. The molecule has 0 saturated heterocycles. The van der Waals surface area contributed by atoms with E-state index in [-0.39, 0.29) is 21.6 Å². The fourth-order valence-electron chi connectivity index (χ4n) is 2.63. The van der Waals surface area contributed by atoms with Gasteiger partial charge in [0, 0.05) is 24.1 Å². The molecular weight excluding hydrogens is 240 g/mol. The van der Waals surface area contributed by atoms with Gasteiger partial charge in [-0.2, -0.15) is 0 Å². The lowest BCUT2D eigenvalue weighted by Crippen LogP contribution is -2.94. The largest absolute Gasteiger partial charge is 0.338 e. The highest BCUT2D eigenvalue weighted by Crippen LogP contribution is 2.24. The van der Waals surface area contributed by atoms with Crippen LogP contribution in [-0.2, 0) is 6.54 Å². The number of hydrogen-bond acceptors (Lipinski definition) is 2. The van der Waals surface area contributed by atoms with E-state index in [1.54, 1.807) is 12.1 Å². The molecule has 0 aliphatic carbocycles. The Hall–Kier alpha value is -1.42. The molecule has 0 spiro atoms. The van der Waals surface area contributed by atoms with Crippen molar-refractivity contribution in [2.24, 2.45) is 5.41 Å². The molecule has 4 nitrogen and oxygen atoms in total. The van der Waals surface area contributed by atoms with Crippen LogP contribution in [0.2, 0.25) is 0 Å². The zero-order valence-electron chi connectivity index (χ0n) is 12.6. The van der Waals surface area contributed by atoms with Gasteiger partial charge in [0.1, 0.15) is 6.54 Å². The molecule has 0 bridgehead atoms. The van der Waals surface area contributed by atoms with Gasteiger partial charge in [-0.25, -0.2) is 0 Å². The minimum absolute atomic E-state index is 0.128. The second-order valence-corrected chi connectivity index (χ2v) is 7.06. The number of hydrogen-bond donors (Lipinski definition) is 1. The molecule has 0 unspecified atom stereocenters. The maximum Gasteiger partial charge on any atom is 0.269 e. The normalized spacial score (nSPS) is 12.5. The number of benzene rings is 1. The lowest BCUT2D eigenvalue weighted by Gasteiger charge is -2.30. The predicted octanol–water partition coefficient (Wildman–Crippen LogP) is 2.87. The first-order chi connectivity index (χ1) is 8.59. The topological polar surface area (TPSA) is 59.8 Å². The van der Waals surface area contributed by atoms with E-state index in [9.17, 15) is 10.1 Å². The fourth-order valence-corrected chi connectivity index (χ4v) is 2.63. The van der Waals surface area contributed by atoms with Crippen molar-refractivity contribution in [3.8, 4) is 0 Å². The van der Waals surface area contributed by atoms with Crippen molar-refractivity contribution >= 4 is 5.69 Å². The molecule has 0 saturated carbocycles. The van der Waals surface area contributed by atoms with Crippen molar-refractivity contribution in [3.05, 3.63) is 39.9 Å². The molecular formula is C15H25N2O2+. The highest BCUT2D eigenvalue weighted by Gasteiger charge is 2.28. The van der Waals surface area contributed by atoms with Gasteiger partial charge < -0.3 is 5.32 Å². The number of nitrogens with two attached hydrogens (primary N) is 1. The first kappa shape index (κ1) is 15.6. The van der Waals surface area contributed by atoms with Crippen LogP contribution in [0.5, 0.6) is 0 Å². The van der Waals surface area contributed by atoms with Crippen LogP contribution in [0.25, 0.3) is 0 Å². The van der Waals surface area contributed by atoms with Crippen LogP contribution in [-0.4, -0.2) is 10.5 Å². The summed E-state index contributed by atoms with van der Waals surface area (Å²) in [6.07, 6.45) is 1.09. The summed E-state index contributed by atoms with van der Waals surface area (Å²) in [6.45, 7) is 11.9. The molecule has 0 aliphatic rings. The van der Waals surface area contributed by atoms with Crippen LogP contribution in [0, 0.1) is 15.5 Å². The average Bonchev–Trinajstić information content (AvgIpc) is 2.24. The molecule has 0 aromatic heterocycles. The maximum absolute atomic E-state index is 10.7. The summed E-state index contributed by atoms with van der Waals surface area (Å²) in [5, 5.41) is 13.0. The van der Waals surface area contributed by atoms with E-state index in [0.29, 0.717) is 0 Å². The summed E-state index contributed by atoms with van der Waals surface area (Å²) in [5.74, 6) is 0. The summed E-state index contributed by atoms with van der Waals surface area (Å²) in [6, 6.07) is 6.88. The zero-order valence-corrected chi connectivity index (χ0v) is 12.6. The molecule has 0 heterocycles. The second kappa shape index (κ2) is 5.70. The van der Waals surface area contributed by atoms with Gasteiger partial charge in [0.25, 0.3) is 5.69 Å². The van der Waals surface area contributed by atoms with E-state index in [1.165, 1.54) is 6.07 Å². The first-order valence-corrected chi connectivity index (χ1v) is 6.67. The summed E-state index contributed by atoms with van der Waals surface area (Å²) < 4.78 is 0. The van der Waals surface area contributed by atoms with Crippen molar-refractivity contribution in [1.29, 1.82) is 0 Å². The smallest absolute Gasteiger partial charge is 0.269 e. The van der Waals surface area contributed by atoms with E-state index in [2.05, 4.69) is 39.9 Å². The zero-order chi connectivity index (χ0) is 14.7. The quantitative estimate of drug-likeness (QED) is 0.657. The third-order valence-electron chi connectivity index (χ3n) is 3.00. The van der Waals surface area contributed by atoms with Crippen LogP contribution >= 0.6 is 0 Å². The lowest BCUT2D eigenvalue weighted by molar-refractivity contribution is -0.737. The van der Waals surface area contributed by atoms with Gasteiger partial charge in [-0.1, -0.05) is 32.9 Å². The lowest BCUT2D eigenvalue weighted by atomic mass is 9.82. The van der Waals surface area contributed by atoms with E-state index in [1.807, 2.05) is 6.07 Å². The Bertz CT molecular complexity index is 448. The van der Waals surface area contributed by atoms with Gasteiger partial charge in [0.05, 0.1) is 10.5 Å². The standard InChI is InChI=1S/C15H24N2O2/c1-14(2,3)11-15(4,5)16-10-12-7-6-8-13(9-12)17(18)19/h6-9,16H,10-11H2,1-5H3/p+1. The SMILES string of the molecule is CC(C)(C)CC(C)(C)[NH2+]Cc1cccc([N+](=O)[O-])c1. The summed E-state index contributed by atoms with van der Waals surface area (Å²) in [5.41, 5.74) is 1.57. The Morgan fingerprint density at radius 3 is 2.37 bits per heavy atom. The van der Waals surface area contributed by atoms with Gasteiger partial charge in [0.2, 0.25) is 0 Å². The number of nitro benzene ring substituents is 1. The van der Waals surface area contributed by atoms with Crippen molar-refractivity contribution < 1.29 is 10.2 Å². The third-order valence-corrected chi connectivity index (χ3v) is 3.00. The molecule has 2 N–H and O–H groups in total. The molecule has 1 rings (SSSR count). The van der Waals surface area contributed by atoms with E-state index in [0.717, 1.165) is 18.5 Å². The Morgan fingerprint density at radius 2 is 1.84 bits per heavy atom. The first-order valence-electron chi connectivity index (χ1n) is 6.67. The van der Waals surface area contributed by atoms with Crippen molar-refractivity contribution in [1.82, 2.24) is 0 Å². The summed E-state index contributed by atoms with van der Waals surface area (Å²) >= 11 is 0. The fraction of sp³-hybridized carbons (Fsp3) is 0.600. The molecule has 0 radical (unpaired) electrons. The van der Waals surface area contributed by atoms with Crippen molar-refractivity contribution in [2.45, 2.75) is 53.1 Å². The molecule has 0 atom stereocenters. The van der Waals surface area contributed by atoms with E-state index < -0.39 is 0 Å². The monoisotopic (exact) mass is 265 g/mol. The highest BCUT2D eigenvalue weighted by atomic mass is 16.6. The molecule has 1 aromatic rings. The Morgan fingerprint density at radius 1 is 1.21 bits per heavy atom. The number of non-ortho nitro benzene ring substituents is 1. The van der Waals surface area contributed by atoms with Crippen molar-refractivity contribution in [2.75, 3.05) is 0 Å². The summed E-state index contributed by atoms with van der Waals surface area (Å²) in [4.78, 5) is 10.4. The molecule has 1 aromatic carbocycles. The Balaban J connectivity index is 2.66. The third kappa shape index (κ3) is 5.83. The minimum Gasteiger partial charge on any atom is -0.338 e. The van der Waals surface area contributed by atoms with Gasteiger partial charge in [0.15, 0.2) is 0 Å². The minimum atomic E-state index is -0.343. The van der Waals surface area contributed by atoms with Gasteiger partial charge in [-0.3, -0.25) is 10.1 Å². The van der Waals surface area contributed by atoms with E-state index >= 15 is 0 Å². The average molecular weight is 265 g/mol. The molecule has 19 heavy (non-hydrogen) atoms. The molecule has 0 amide bonds. The predicted molar refractivity (Wildman–Crippen MR) is 76.9 cm³/mol. The molecule has 4 heteroatoms. The Kier molecular flexibility index (Phi) is 4.69. The van der Waals surface area contributed by atoms with Gasteiger partial charge in [-0.05, 0) is 19.3 Å². The number of nitrogens with zero attached hydrogens (tertiary/aromatic N) is 1. The number of quaternary nitrogens is 1. The summed E-state index contributed by atoms with van der Waals surface area (Å²) in [7, 11) is 0. The molecule has 0 aliphatic heterocycles. The van der Waals surface area contributed by atoms with Crippen LogP contribution < -0.4 is 5.32 Å². The van der Waals surface area contributed by atoms with E-state index in [4.69, 9.17) is 0 Å². The molecule has 0 fully saturated rings. The van der Waals surface area contributed by atoms with Crippen LogP contribution in [0.4, 0.5) is 5.69 Å². The van der Waals surface area contributed by atoms with Crippen LogP contribution in [0.15, 0.2) is 24.3 Å². The van der Waals surface area contributed by atoms with Gasteiger partial charge in [-0.15, -0.1) is 0 Å². The van der Waals surface area contributed by atoms with Crippen LogP contribution in [0.3, 0.4) is 0 Å². The Labute approximate surface area is 115 Å². The molecule has 106 valence electrons. The number of rotatable bonds is 5. The van der Waals surface area contributed by atoms with Gasteiger partial charge >= 0.3 is 0 Å². The maximum atomic E-state index is 10.7. The number of nitro groups is 1.